The third-order valence-electron chi connectivity index (χ3n) is 4.75. The quantitative estimate of drug-likeness (QED) is 0.306. The van der Waals surface area contributed by atoms with Gasteiger partial charge in [-0.05, 0) is 49.8 Å². The normalized spacial score (nSPS) is 25.2. The van der Waals surface area contributed by atoms with Crippen molar-refractivity contribution in [3.8, 4) is 5.75 Å². The van der Waals surface area contributed by atoms with E-state index in [1.807, 2.05) is 19.2 Å². The molecule has 5 nitrogen and oxygen atoms in total. The Morgan fingerprint density at radius 2 is 2.08 bits per heavy atom. The molecule has 1 aromatic carbocycles. The summed E-state index contributed by atoms with van der Waals surface area (Å²) in [5.41, 5.74) is 1.33. The number of rotatable bonds is 6. The molecule has 24 heavy (non-hydrogen) atoms. The van der Waals surface area contributed by atoms with Gasteiger partial charge < -0.3 is 20.1 Å². The fourth-order valence-corrected chi connectivity index (χ4v) is 3.45. The number of fused-ring (bicyclic) bond motifs is 2. The number of methoxy groups -OCH3 is 1. The Labute approximate surface area is 161 Å². The molecule has 1 aromatic rings. The van der Waals surface area contributed by atoms with Crippen molar-refractivity contribution in [1.82, 2.24) is 10.6 Å². The van der Waals surface area contributed by atoms with Crippen LogP contribution in [0.15, 0.2) is 29.3 Å². The zero-order valence-electron chi connectivity index (χ0n) is 14.5. The molecule has 2 fully saturated rings. The number of aliphatic imine (C=N–C) groups is 1. The summed E-state index contributed by atoms with van der Waals surface area (Å²) in [6.45, 7) is 0.910. The van der Waals surface area contributed by atoms with Gasteiger partial charge in [-0.25, -0.2) is 0 Å². The molecule has 2 aliphatic rings. The van der Waals surface area contributed by atoms with Crippen molar-refractivity contribution in [3.63, 3.8) is 0 Å². The number of ether oxygens (including phenoxy) is 2. The van der Waals surface area contributed by atoms with Crippen molar-refractivity contribution in [2.75, 3.05) is 20.7 Å². The van der Waals surface area contributed by atoms with Gasteiger partial charge in [-0.15, -0.1) is 24.0 Å². The molecule has 0 aliphatic carbocycles. The molecule has 3 unspecified atom stereocenters. The van der Waals surface area contributed by atoms with Gasteiger partial charge in [0.15, 0.2) is 5.96 Å². The second-order valence-electron chi connectivity index (χ2n) is 6.31. The highest BCUT2D eigenvalue weighted by Gasteiger charge is 2.41. The zero-order valence-corrected chi connectivity index (χ0v) is 16.8. The zero-order chi connectivity index (χ0) is 16.1. The van der Waals surface area contributed by atoms with Gasteiger partial charge in [-0.2, -0.15) is 0 Å². The molecule has 0 saturated carbocycles. The van der Waals surface area contributed by atoms with E-state index < -0.39 is 0 Å². The van der Waals surface area contributed by atoms with Crippen molar-refractivity contribution < 1.29 is 9.47 Å². The summed E-state index contributed by atoms with van der Waals surface area (Å²) in [5.74, 6) is 1.80. The summed E-state index contributed by atoms with van der Waals surface area (Å²) in [7, 11) is 3.52. The molecule has 0 spiro atoms. The molecular formula is C18H28IN3O2. The number of hydrogen-bond acceptors (Lipinski definition) is 3. The van der Waals surface area contributed by atoms with E-state index in [1.54, 1.807) is 7.11 Å². The van der Waals surface area contributed by atoms with E-state index in [9.17, 15) is 0 Å². The van der Waals surface area contributed by atoms with Gasteiger partial charge in [-0.1, -0.05) is 12.1 Å². The number of guanidine groups is 1. The van der Waals surface area contributed by atoms with Crippen LogP contribution in [0.5, 0.6) is 5.75 Å². The minimum atomic E-state index is 0. The van der Waals surface area contributed by atoms with Gasteiger partial charge in [0, 0.05) is 13.6 Å². The van der Waals surface area contributed by atoms with Gasteiger partial charge in [0.2, 0.25) is 0 Å². The van der Waals surface area contributed by atoms with Crippen LogP contribution in [0.1, 0.15) is 31.2 Å². The third kappa shape index (κ3) is 4.99. The summed E-state index contributed by atoms with van der Waals surface area (Å²) < 4.78 is 11.1. The van der Waals surface area contributed by atoms with Gasteiger partial charge >= 0.3 is 0 Å². The van der Waals surface area contributed by atoms with Crippen molar-refractivity contribution in [3.05, 3.63) is 29.8 Å². The summed E-state index contributed by atoms with van der Waals surface area (Å²) >= 11 is 0. The average Bonchev–Trinajstić information content (AvgIpc) is 3.21. The first kappa shape index (κ1) is 19.3. The van der Waals surface area contributed by atoms with Crippen LogP contribution in [-0.4, -0.2) is 44.9 Å². The molecule has 3 rings (SSSR count). The fourth-order valence-electron chi connectivity index (χ4n) is 3.45. The fraction of sp³-hybridized carbons (Fsp3) is 0.611. The van der Waals surface area contributed by atoms with E-state index in [4.69, 9.17) is 9.47 Å². The predicted molar refractivity (Wildman–Crippen MR) is 108 cm³/mol. The molecule has 0 amide bonds. The molecule has 0 aromatic heterocycles. The van der Waals surface area contributed by atoms with E-state index in [0.717, 1.165) is 37.5 Å². The Morgan fingerprint density at radius 3 is 2.67 bits per heavy atom. The van der Waals surface area contributed by atoms with E-state index in [2.05, 4.69) is 27.8 Å². The lowest BCUT2D eigenvalue weighted by atomic mass is 9.96. The molecule has 2 bridgehead atoms. The number of nitrogens with zero attached hydrogens (tertiary/aromatic N) is 1. The second-order valence-corrected chi connectivity index (χ2v) is 6.31. The second kappa shape index (κ2) is 9.46. The lowest BCUT2D eigenvalue weighted by Gasteiger charge is -2.22. The summed E-state index contributed by atoms with van der Waals surface area (Å²) in [4.78, 5) is 4.32. The van der Waals surface area contributed by atoms with E-state index in [0.29, 0.717) is 18.2 Å². The van der Waals surface area contributed by atoms with Gasteiger partial charge in [0.25, 0.3) is 0 Å². The summed E-state index contributed by atoms with van der Waals surface area (Å²) in [5, 5.41) is 6.92. The van der Waals surface area contributed by atoms with Gasteiger partial charge in [0.1, 0.15) is 5.75 Å². The minimum Gasteiger partial charge on any atom is -0.497 e. The van der Waals surface area contributed by atoms with Crippen LogP contribution in [0.25, 0.3) is 0 Å². The Balaban J connectivity index is 0.00000208. The highest BCUT2D eigenvalue weighted by molar-refractivity contribution is 14.0. The first-order valence-corrected chi connectivity index (χ1v) is 8.54. The highest BCUT2D eigenvalue weighted by atomic mass is 127. The molecule has 2 N–H and O–H groups in total. The summed E-state index contributed by atoms with van der Waals surface area (Å²) in [6, 6.07) is 8.69. The van der Waals surface area contributed by atoms with Gasteiger partial charge in [0.05, 0.1) is 25.4 Å². The Morgan fingerprint density at radius 1 is 1.29 bits per heavy atom. The number of aryl methyl sites for hydroxylation is 1. The minimum absolute atomic E-state index is 0. The first-order valence-electron chi connectivity index (χ1n) is 8.54. The molecule has 2 saturated heterocycles. The maximum atomic E-state index is 5.88. The lowest BCUT2D eigenvalue weighted by molar-refractivity contribution is 0.0992. The van der Waals surface area contributed by atoms with E-state index in [-0.39, 0.29) is 24.0 Å². The van der Waals surface area contributed by atoms with Crippen LogP contribution in [0.2, 0.25) is 0 Å². The van der Waals surface area contributed by atoms with Crippen molar-refractivity contribution in [1.29, 1.82) is 0 Å². The molecule has 2 aliphatic heterocycles. The SMILES string of the molecule is CN=C(NCCCc1ccc(OC)cc1)NC1CC2CCC1O2.I. The lowest BCUT2D eigenvalue weighted by Crippen LogP contribution is -2.47. The number of halogens is 1. The van der Waals surface area contributed by atoms with Crippen LogP contribution in [0.4, 0.5) is 0 Å². The largest absolute Gasteiger partial charge is 0.497 e. The van der Waals surface area contributed by atoms with Crippen LogP contribution in [-0.2, 0) is 11.2 Å². The molecule has 0 radical (unpaired) electrons. The summed E-state index contributed by atoms with van der Waals surface area (Å²) in [6.07, 6.45) is 6.46. The number of nitrogens with one attached hydrogen (secondary N) is 2. The topological polar surface area (TPSA) is 54.9 Å². The smallest absolute Gasteiger partial charge is 0.191 e. The third-order valence-corrected chi connectivity index (χ3v) is 4.75. The van der Waals surface area contributed by atoms with Crippen LogP contribution >= 0.6 is 24.0 Å². The Bertz CT molecular complexity index is 536. The van der Waals surface area contributed by atoms with E-state index in [1.165, 1.54) is 18.4 Å². The van der Waals surface area contributed by atoms with Gasteiger partial charge in [-0.3, -0.25) is 4.99 Å². The Kier molecular flexibility index (Phi) is 7.61. The monoisotopic (exact) mass is 445 g/mol. The highest BCUT2D eigenvalue weighted by Crippen LogP contribution is 2.34. The first-order chi connectivity index (χ1) is 11.3. The predicted octanol–water partition coefficient (Wildman–Crippen LogP) is 2.73. The molecule has 3 atom stereocenters. The maximum Gasteiger partial charge on any atom is 0.191 e. The molecular weight excluding hydrogens is 417 g/mol. The van der Waals surface area contributed by atoms with Crippen LogP contribution in [0, 0.1) is 0 Å². The van der Waals surface area contributed by atoms with Crippen molar-refractivity contribution in [2.24, 2.45) is 4.99 Å². The standard InChI is InChI=1S/C18H27N3O2.HI/c1-19-18(21-16-12-15-9-10-17(16)23-15)20-11-3-4-13-5-7-14(22-2)8-6-13;/h5-8,15-17H,3-4,9-12H2,1-2H3,(H2,19,20,21);1H. The maximum absolute atomic E-state index is 5.88. The van der Waals surface area contributed by atoms with Crippen LogP contribution < -0.4 is 15.4 Å². The number of hydrogen-bond donors (Lipinski definition) is 2. The number of benzene rings is 1. The Hall–Kier alpha value is -1.02. The van der Waals surface area contributed by atoms with E-state index >= 15 is 0 Å². The molecule has 6 heteroatoms. The van der Waals surface area contributed by atoms with Crippen molar-refractivity contribution in [2.45, 2.75) is 50.4 Å². The molecule has 2 heterocycles. The van der Waals surface area contributed by atoms with Crippen molar-refractivity contribution >= 4 is 29.9 Å². The van der Waals surface area contributed by atoms with Crippen LogP contribution in [0.3, 0.4) is 0 Å². The molecule has 134 valence electrons. The average molecular weight is 445 g/mol.